The number of aromatic amines is 1. The van der Waals surface area contributed by atoms with E-state index in [4.69, 9.17) is 4.74 Å². The molecule has 2 aliphatic rings. The Hall–Kier alpha value is -3.32. The van der Waals surface area contributed by atoms with Crippen LogP contribution in [0.25, 0.3) is 33.2 Å². The van der Waals surface area contributed by atoms with Gasteiger partial charge in [-0.25, -0.2) is 9.78 Å². The Morgan fingerprint density at radius 3 is 2.88 bits per heavy atom. The Morgan fingerprint density at radius 2 is 2.03 bits per heavy atom. The summed E-state index contributed by atoms with van der Waals surface area (Å²) in [5, 5.41) is 11.8. The number of carboxylic acid groups (broad SMARTS) is 1. The predicted molar refractivity (Wildman–Crippen MR) is 126 cm³/mol. The Kier molecular flexibility index (Phi) is 4.47. The minimum Gasteiger partial charge on any atom is -0.488 e. The highest BCUT2D eigenvalue weighted by Crippen LogP contribution is 2.46. The molecule has 160 valence electrons. The highest BCUT2D eigenvalue weighted by molar-refractivity contribution is 9.10. The second kappa shape index (κ2) is 7.38. The Balaban J connectivity index is 1.44. The second-order valence-corrected chi connectivity index (χ2v) is 9.11. The van der Waals surface area contributed by atoms with Crippen molar-refractivity contribution < 1.29 is 14.6 Å². The number of imidazole rings is 1. The van der Waals surface area contributed by atoms with Crippen LogP contribution in [0.15, 0.2) is 59.2 Å². The number of aromatic nitrogens is 2. The average molecular weight is 490 g/mol. The number of H-pyrrole nitrogens is 1. The van der Waals surface area contributed by atoms with E-state index >= 15 is 0 Å². The van der Waals surface area contributed by atoms with Crippen molar-refractivity contribution >= 4 is 32.8 Å². The number of fused-ring (bicyclic) bond motifs is 5. The fourth-order valence-electron chi connectivity index (χ4n) is 4.89. The van der Waals surface area contributed by atoms with E-state index in [9.17, 15) is 9.90 Å². The lowest BCUT2D eigenvalue weighted by molar-refractivity contribution is 0.139. The summed E-state index contributed by atoms with van der Waals surface area (Å²) in [6.45, 7) is 1.07. The molecule has 1 saturated heterocycles. The lowest BCUT2D eigenvalue weighted by Crippen LogP contribution is -2.29. The molecular weight excluding hydrogens is 470 g/mol. The monoisotopic (exact) mass is 489 g/mol. The van der Waals surface area contributed by atoms with Gasteiger partial charge in [0.2, 0.25) is 0 Å². The van der Waals surface area contributed by atoms with E-state index in [2.05, 4.69) is 56.2 Å². The van der Waals surface area contributed by atoms with Gasteiger partial charge in [0.1, 0.15) is 18.2 Å². The van der Waals surface area contributed by atoms with Gasteiger partial charge in [0.15, 0.2) is 0 Å². The van der Waals surface area contributed by atoms with Crippen LogP contribution in [-0.2, 0) is 6.61 Å². The molecule has 0 bridgehead atoms. The normalized spacial score (nSPS) is 17.2. The van der Waals surface area contributed by atoms with Crippen LogP contribution in [0.1, 0.15) is 30.3 Å². The molecule has 1 amide bonds. The molecule has 2 N–H and O–H groups in total. The van der Waals surface area contributed by atoms with Gasteiger partial charge in [-0.1, -0.05) is 52.3 Å². The van der Waals surface area contributed by atoms with E-state index in [0.29, 0.717) is 19.0 Å². The predicted octanol–water partition coefficient (Wildman–Crippen LogP) is 6.37. The minimum atomic E-state index is -0.895. The first-order valence-electron chi connectivity index (χ1n) is 10.6. The molecule has 6 rings (SSSR count). The summed E-state index contributed by atoms with van der Waals surface area (Å²) >= 11 is 3.68. The molecule has 7 heteroatoms. The van der Waals surface area contributed by atoms with E-state index < -0.39 is 6.09 Å². The number of likely N-dealkylation sites (tertiary alicyclic amines) is 1. The summed E-state index contributed by atoms with van der Waals surface area (Å²) in [4.78, 5) is 20.9. The topological polar surface area (TPSA) is 78.4 Å². The summed E-state index contributed by atoms with van der Waals surface area (Å²) in [5.41, 5.74) is 5.29. The molecule has 0 aliphatic carbocycles. The van der Waals surface area contributed by atoms with Crippen LogP contribution in [0.4, 0.5) is 4.79 Å². The molecule has 0 spiro atoms. The van der Waals surface area contributed by atoms with Crippen LogP contribution >= 0.6 is 15.9 Å². The number of hydrogen-bond donors (Lipinski definition) is 2. The maximum Gasteiger partial charge on any atom is 0.407 e. The van der Waals surface area contributed by atoms with Crippen LogP contribution in [0.3, 0.4) is 0 Å². The molecule has 1 unspecified atom stereocenters. The molecule has 2 aliphatic heterocycles. The molecule has 1 atom stereocenters. The number of amides is 1. The van der Waals surface area contributed by atoms with Gasteiger partial charge in [-0.3, -0.25) is 4.90 Å². The van der Waals surface area contributed by atoms with E-state index in [-0.39, 0.29) is 6.04 Å². The molecule has 0 radical (unpaired) electrons. The summed E-state index contributed by atoms with van der Waals surface area (Å²) in [6, 6.07) is 16.5. The van der Waals surface area contributed by atoms with Gasteiger partial charge in [0.05, 0.1) is 17.9 Å². The molecule has 0 saturated carbocycles. The highest BCUT2D eigenvalue weighted by Gasteiger charge is 2.32. The van der Waals surface area contributed by atoms with Crippen LogP contribution in [0.5, 0.6) is 5.75 Å². The molecule has 3 aromatic carbocycles. The Labute approximate surface area is 193 Å². The smallest absolute Gasteiger partial charge is 0.407 e. The first kappa shape index (κ1) is 19.4. The number of ether oxygens (including phenoxy) is 1. The number of halogens is 1. The average Bonchev–Trinajstić information content (AvgIpc) is 3.48. The number of carbonyl (C=O) groups is 1. The van der Waals surface area contributed by atoms with Crippen molar-refractivity contribution in [2.24, 2.45) is 0 Å². The third-order valence-electron chi connectivity index (χ3n) is 6.44. The lowest BCUT2D eigenvalue weighted by atomic mass is 9.90. The molecule has 1 aromatic heterocycles. The van der Waals surface area contributed by atoms with Crippen molar-refractivity contribution in [2.75, 3.05) is 6.54 Å². The van der Waals surface area contributed by atoms with Gasteiger partial charge < -0.3 is 14.8 Å². The Bertz CT molecular complexity index is 1380. The van der Waals surface area contributed by atoms with Gasteiger partial charge in [-0.2, -0.15) is 0 Å². The van der Waals surface area contributed by atoms with Crippen molar-refractivity contribution in [1.29, 1.82) is 0 Å². The molecule has 1 fully saturated rings. The van der Waals surface area contributed by atoms with Gasteiger partial charge in [0.25, 0.3) is 0 Å². The summed E-state index contributed by atoms with van der Waals surface area (Å²) in [5.74, 6) is 1.57. The van der Waals surface area contributed by atoms with Crippen molar-refractivity contribution in [3.05, 3.63) is 70.6 Å². The van der Waals surface area contributed by atoms with E-state index in [1.54, 1.807) is 6.20 Å². The number of nitrogens with zero attached hydrogens (tertiary/aromatic N) is 2. The number of benzene rings is 3. The number of hydrogen-bond acceptors (Lipinski definition) is 3. The lowest BCUT2D eigenvalue weighted by Gasteiger charge is -2.23. The molecule has 32 heavy (non-hydrogen) atoms. The zero-order valence-electron chi connectivity index (χ0n) is 17.1. The van der Waals surface area contributed by atoms with Crippen LogP contribution < -0.4 is 4.74 Å². The molecular formula is C25H20BrN3O3. The first-order chi connectivity index (χ1) is 15.6. The van der Waals surface area contributed by atoms with Crippen LogP contribution in [0.2, 0.25) is 0 Å². The van der Waals surface area contributed by atoms with E-state index in [1.165, 1.54) is 4.90 Å². The fraction of sp³-hybridized carbons (Fsp3) is 0.200. The third kappa shape index (κ3) is 2.99. The van der Waals surface area contributed by atoms with Gasteiger partial charge in [-0.15, -0.1) is 0 Å². The minimum absolute atomic E-state index is 0.214. The zero-order valence-corrected chi connectivity index (χ0v) is 18.7. The summed E-state index contributed by atoms with van der Waals surface area (Å²) < 4.78 is 7.10. The maximum atomic E-state index is 11.5. The van der Waals surface area contributed by atoms with Crippen molar-refractivity contribution in [3.63, 3.8) is 0 Å². The summed E-state index contributed by atoms with van der Waals surface area (Å²) in [6.07, 6.45) is 2.55. The SMILES string of the molecule is O=C(O)N1CCCC1c1ncc(-c2ccc3c(c2)-c2c(cc(Br)c4ccccc24)OC3)[nH]1. The van der Waals surface area contributed by atoms with Crippen molar-refractivity contribution in [2.45, 2.75) is 25.5 Å². The number of nitrogens with one attached hydrogen (secondary N) is 1. The first-order valence-corrected chi connectivity index (χ1v) is 11.4. The summed E-state index contributed by atoms with van der Waals surface area (Å²) in [7, 11) is 0. The van der Waals surface area contributed by atoms with E-state index in [1.807, 2.05) is 18.2 Å². The molecule has 4 aromatic rings. The highest BCUT2D eigenvalue weighted by atomic mass is 79.9. The molecule has 6 nitrogen and oxygen atoms in total. The second-order valence-electron chi connectivity index (χ2n) is 8.25. The quantitative estimate of drug-likeness (QED) is 0.343. The zero-order chi connectivity index (χ0) is 21.8. The maximum absolute atomic E-state index is 11.5. The van der Waals surface area contributed by atoms with Gasteiger partial charge in [-0.05, 0) is 46.9 Å². The standard InChI is InChI=1S/C25H20BrN3O3/c26-19-11-22-23(17-5-2-1-4-16(17)19)18-10-14(7-8-15(18)13-32-22)20-12-27-24(28-20)21-6-3-9-29(21)25(30)31/h1-2,4-5,7-8,10-12,21H,3,6,9,13H2,(H,27,28)(H,30,31). The largest absolute Gasteiger partial charge is 0.488 e. The van der Waals surface area contributed by atoms with Crippen LogP contribution in [0, 0.1) is 0 Å². The molecule has 3 heterocycles. The van der Waals surface area contributed by atoms with Crippen LogP contribution in [-0.4, -0.2) is 32.6 Å². The fourth-order valence-corrected chi connectivity index (χ4v) is 5.44. The number of rotatable bonds is 2. The Morgan fingerprint density at radius 1 is 1.19 bits per heavy atom. The van der Waals surface area contributed by atoms with Gasteiger partial charge in [0, 0.05) is 22.1 Å². The van der Waals surface area contributed by atoms with Crippen molar-refractivity contribution in [1.82, 2.24) is 14.9 Å². The third-order valence-corrected chi connectivity index (χ3v) is 7.10. The van der Waals surface area contributed by atoms with E-state index in [0.717, 1.165) is 61.8 Å². The van der Waals surface area contributed by atoms with Gasteiger partial charge >= 0.3 is 6.09 Å². The van der Waals surface area contributed by atoms with Crippen molar-refractivity contribution in [3.8, 4) is 28.1 Å².